The quantitative estimate of drug-likeness (QED) is 0.871. The Hall–Kier alpha value is -1.10. The Labute approximate surface area is 114 Å². The van der Waals surface area contributed by atoms with Crippen LogP contribution in [0.2, 0.25) is 0 Å². The molecule has 0 aliphatic carbocycles. The lowest BCUT2D eigenvalue weighted by molar-refractivity contribution is 0.0779. The van der Waals surface area contributed by atoms with Gasteiger partial charge in [0.1, 0.15) is 17.1 Å². The largest absolute Gasteiger partial charge is 0.507 e. The number of halogens is 2. The van der Waals surface area contributed by atoms with Crippen molar-refractivity contribution in [2.24, 2.45) is 5.92 Å². The Balaban J connectivity index is 2.13. The van der Waals surface area contributed by atoms with Gasteiger partial charge in [-0.05, 0) is 30.9 Å². The number of hydrogen-bond donors (Lipinski definition) is 1. The highest BCUT2D eigenvalue weighted by molar-refractivity contribution is 9.09. The average Bonchev–Trinajstić information content (AvgIpc) is 2.78. The van der Waals surface area contributed by atoms with Gasteiger partial charge in [0, 0.05) is 18.4 Å². The first-order valence-corrected chi connectivity index (χ1v) is 7.08. The van der Waals surface area contributed by atoms with Crippen molar-refractivity contribution in [2.75, 3.05) is 18.4 Å². The first-order chi connectivity index (χ1) is 8.63. The molecular formula is C13H15BrFNO2. The maximum atomic E-state index is 13.6. The number of nitrogens with zero attached hydrogens (tertiary/aromatic N) is 1. The highest BCUT2D eigenvalue weighted by Gasteiger charge is 2.29. The van der Waals surface area contributed by atoms with Gasteiger partial charge in [-0.25, -0.2) is 4.39 Å². The summed E-state index contributed by atoms with van der Waals surface area (Å²) in [7, 11) is 0. The van der Waals surface area contributed by atoms with Crippen LogP contribution in [0.4, 0.5) is 4.39 Å². The molecule has 5 heteroatoms. The number of amides is 1. The van der Waals surface area contributed by atoms with Crippen LogP contribution in [0, 0.1) is 11.7 Å². The second kappa shape index (κ2) is 5.69. The normalized spacial score (nSPS) is 19.2. The van der Waals surface area contributed by atoms with E-state index in [0.717, 1.165) is 18.2 Å². The van der Waals surface area contributed by atoms with Gasteiger partial charge in [-0.3, -0.25) is 4.79 Å². The van der Waals surface area contributed by atoms with Crippen molar-refractivity contribution in [3.8, 4) is 5.75 Å². The van der Waals surface area contributed by atoms with E-state index in [-0.39, 0.29) is 11.3 Å². The molecule has 1 aliphatic rings. The second-order valence-corrected chi connectivity index (χ2v) is 5.31. The number of phenols is 1. The summed E-state index contributed by atoms with van der Waals surface area (Å²) in [6, 6.07) is 3.92. The fourth-order valence-electron chi connectivity index (χ4n) is 2.29. The molecule has 98 valence electrons. The van der Waals surface area contributed by atoms with E-state index in [0.29, 0.717) is 19.0 Å². The van der Waals surface area contributed by atoms with Crippen molar-refractivity contribution >= 4 is 21.8 Å². The van der Waals surface area contributed by atoms with Crippen LogP contribution in [0.3, 0.4) is 0 Å². The molecule has 1 amide bonds. The van der Waals surface area contributed by atoms with Crippen molar-refractivity contribution in [2.45, 2.75) is 12.8 Å². The molecule has 1 aromatic carbocycles. The molecule has 3 nitrogen and oxygen atoms in total. The van der Waals surface area contributed by atoms with Crippen molar-refractivity contribution < 1.29 is 14.3 Å². The maximum absolute atomic E-state index is 13.6. The minimum atomic E-state index is -0.663. The van der Waals surface area contributed by atoms with Gasteiger partial charge in [-0.1, -0.05) is 22.0 Å². The molecular weight excluding hydrogens is 301 g/mol. The lowest BCUT2D eigenvalue weighted by Crippen LogP contribution is -2.29. The maximum Gasteiger partial charge on any atom is 0.260 e. The predicted molar refractivity (Wildman–Crippen MR) is 70.5 cm³/mol. The van der Waals surface area contributed by atoms with Crippen LogP contribution < -0.4 is 0 Å². The fraction of sp³-hybridized carbons (Fsp3) is 0.462. The molecule has 0 saturated carbocycles. The third-order valence-electron chi connectivity index (χ3n) is 3.30. The highest BCUT2D eigenvalue weighted by atomic mass is 79.9. The number of likely N-dealkylation sites (tertiary alicyclic amines) is 1. The number of rotatable bonds is 3. The Morgan fingerprint density at radius 1 is 1.56 bits per heavy atom. The van der Waals surface area contributed by atoms with Gasteiger partial charge in [0.15, 0.2) is 0 Å². The van der Waals surface area contributed by atoms with E-state index >= 15 is 0 Å². The number of phenolic OH excluding ortho intramolecular Hbond substituents is 1. The summed E-state index contributed by atoms with van der Waals surface area (Å²) in [6.07, 6.45) is 1.94. The molecule has 1 fully saturated rings. The molecule has 1 N–H and O–H groups in total. The summed E-state index contributed by atoms with van der Waals surface area (Å²) in [5.41, 5.74) is -0.211. The number of carbonyl (C=O) groups is 1. The fourth-order valence-corrected chi connectivity index (χ4v) is 2.94. The highest BCUT2D eigenvalue weighted by Crippen LogP contribution is 2.26. The predicted octanol–water partition coefficient (Wildman–Crippen LogP) is 2.78. The van der Waals surface area contributed by atoms with E-state index in [2.05, 4.69) is 15.9 Å². The molecule has 1 heterocycles. The first-order valence-electron chi connectivity index (χ1n) is 5.96. The lowest BCUT2D eigenvalue weighted by atomic mass is 10.1. The van der Waals surface area contributed by atoms with Crippen molar-refractivity contribution in [3.05, 3.63) is 29.6 Å². The van der Waals surface area contributed by atoms with Crippen molar-refractivity contribution in [3.63, 3.8) is 0 Å². The third kappa shape index (κ3) is 2.66. The molecule has 2 rings (SSSR count). The van der Waals surface area contributed by atoms with E-state index in [1.807, 2.05) is 0 Å². The minimum absolute atomic E-state index is 0.211. The summed E-state index contributed by atoms with van der Waals surface area (Å²) in [4.78, 5) is 13.8. The number of carbonyl (C=O) groups excluding carboxylic acids is 1. The topological polar surface area (TPSA) is 40.5 Å². The Bertz CT molecular complexity index is 432. The molecule has 0 radical (unpaired) electrons. The van der Waals surface area contributed by atoms with Gasteiger partial charge in [-0.2, -0.15) is 0 Å². The van der Waals surface area contributed by atoms with E-state index in [4.69, 9.17) is 0 Å². The zero-order valence-electron chi connectivity index (χ0n) is 9.90. The first kappa shape index (κ1) is 13.3. The number of alkyl halides is 1. The number of aromatic hydroxyl groups is 1. The van der Waals surface area contributed by atoms with Gasteiger partial charge in [0.2, 0.25) is 0 Å². The monoisotopic (exact) mass is 315 g/mol. The van der Waals surface area contributed by atoms with Crippen LogP contribution in [-0.4, -0.2) is 34.3 Å². The van der Waals surface area contributed by atoms with Crippen LogP contribution in [-0.2, 0) is 0 Å². The molecule has 1 unspecified atom stereocenters. The van der Waals surface area contributed by atoms with Crippen molar-refractivity contribution in [1.82, 2.24) is 4.90 Å². The standard InChI is InChI=1S/C13H15BrFNO2/c14-6-4-9-5-7-16(8-9)13(18)12-10(15)2-1-3-11(12)17/h1-3,9,17H,4-8H2. The average molecular weight is 316 g/mol. The molecule has 1 atom stereocenters. The molecule has 18 heavy (non-hydrogen) atoms. The molecule has 1 saturated heterocycles. The van der Waals surface area contributed by atoms with Gasteiger partial charge in [-0.15, -0.1) is 0 Å². The minimum Gasteiger partial charge on any atom is -0.507 e. The van der Waals surface area contributed by atoms with Gasteiger partial charge in [0.05, 0.1) is 0 Å². The molecule has 1 aromatic rings. The van der Waals surface area contributed by atoms with Crippen molar-refractivity contribution in [1.29, 1.82) is 0 Å². The smallest absolute Gasteiger partial charge is 0.260 e. The Morgan fingerprint density at radius 3 is 3.00 bits per heavy atom. The second-order valence-electron chi connectivity index (χ2n) is 4.52. The molecule has 0 bridgehead atoms. The summed E-state index contributed by atoms with van der Waals surface area (Å²) in [6.45, 7) is 1.27. The number of hydrogen-bond acceptors (Lipinski definition) is 2. The van der Waals surface area contributed by atoms with E-state index in [1.54, 1.807) is 4.90 Å². The van der Waals surface area contributed by atoms with Crippen LogP contribution in [0.1, 0.15) is 23.2 Å². The lowest BCUT2D eigenvalue weighted by Gasteiger charge is -2.17. The summed E-state index contributed by atoms with van der Waals surface area (Å²) in [5.74, 6) is -0.905. The van der Waals surface area contributed by atoms with E-state index in [9.17, 15) is 14.3 Å². The van der Waals surface area contributed by atoms with Crippen LogP contribution >= 0.6 is 15.9 Å². The zero-order valence-corrected chi connectivity index (χ0v) is 11.5. The SMILES string of the molecule is O=C(c1c(O)cccc1F)N1CCC(CCBr)C1. The summed E-state index contributed by atoms with van der Waals surface area (Å²) < 4.78 is 13.6. The van der Waals surface area contributed by atoms with E-state index in [1.165, 1.54) is 18.2 Å². The Kier molecular flexibility index (Phi) is 4.22. The van der Waals surface area contributed by atoms with Gasteiger partial charge in [0.25, 0.3) is 5.91 Å². The Morgan fingerprint density at radius 2 is 2.33 bits per heavy atom. The van der Waals surface area contributed by atoms with Crippen LogP contribution in [0.15, 0.2) is 18.2 Å². The third-order valence-corrected chi connectivity index (χ3v) is 3.75. The van der Waals surface area contributed by atoms with Gasteiger partial charge >= 0.3 is 0 Å². The zero-order chi connectivity index (χ0) is 13.1. The van der Waals surface area contributed by atoms with Crippen LogP contribution in [0.5, 0.6) is 5.75 Å². The number of benzene rings is 1. The molecule has 0 spiro atoms. The summed E-state index contributed by atoms with van der Waals surface area (Å²) in [5, 5.41) is 10.5. The van der Waals surface area contributed by atoms with Crippen LogP contribution in [0.25, 0.3) is 0 Å². The molecule has 0 aromatic heterocycles. The summed E-state index contributed by atoms with van der Waals surface area (Å²) >= 11 is 3.38. The molecule has 1 aliphatic heterocycles. The van der Waals surface area contributed by atoms with E-state index < -0.39 is 11.7 Å². The van der Waals surface area contributed by atoms with Gasteiger partial charge < -0.3 is 10.0 Å².